The molecule has 130 valence electrons. The molecule has 0 aliphatic carbocycles. The summed E-state index contributed by atoms with van der Waals surface area (Å²) in [4.78, 5) is 16.6. The van der Waals surface area contributed by atoms with E-state index < -0.39 is 0 Å². The number of rotatable bonds is 6. The second-order valence-electron chi connectivity index (χ2n) is 5.48. The third kappa shape index (κ3) is 4.21. The highest BCUT2D eigenvalue weighted by Gasteiger charge is 2.16. The standard InChI is InChI=1S/C17H20N6OS/c1-3-14(13-10-18-23(4-2)11-13)19-16(24)21-17-20-15(22-25-17)12-8-6-5-7-9-12/h5-11,14H,3-4H2,1-2H3,(H2,19,20,21,22,24)/t14-/m1/s1. The Morgan fingerprint density at radius 3 is 2.76 bits per heavy atom. The number of hydrogen-bond acceptors (Lipinski definition) is 5. The van der Waals surface area contributed by atoms with Crippen molar-refractivity contribution >= 4 is 22.7 Å². The Labute approximate surface area is 150 Å². The van der Waals surface area contributed by atoms with Crippen LogP contribution in [-0.4, -0.2) is 25.2 Å². The molecule has 25 heavy (non-hydrogen) atoms. The van der Waals surface area contributed by atoms with E-state index in [1.54, 1.807) is 6.20 Å². The highest BCUT2D eigenvalue weighted by Crippen LogP contribution is 2.21. The number of benzene rings is 1. The van der Waals surface area contributed by atoms with Crippen molar-refractivity contribution in [3.63, 3.8) is 0 Å². The Bertz CT molecular complexity index is 829. The highest BCUT2D eigenvalue weighted by molar-refractivity contribution is 7.10. The average molecular weight is 356 g/mol. The maximum atomic E-state index is 12.3. The lowest BCUT2D eigenvalue weighted by atomic mass is 10.1. The summed E-state index contributed by atoms with van der Waals surface area (Å²) in [6, 6.07) is 9.27. The molecule has 0 unspecified atom stereocenters. The molecule has 2 heterocycles. The molecule has 0 saturated heterocycles. The van der Waals surface area contributed by atoms with Crippen molar-refractivity contribution in [2.24, 2.45) is 0 Å². The van der Waals surface area contributed by atoms with Gasteiger partial charge in [-0.15, -0.1) is 0 Å². The van der Waals surface area contributed by atoms with Crippen LogP contribution in [0.1, 0.15) is 31.9 Å². The lowest BCUT2D eigenvalue weighted by molar-refractivity contribution is 0.248. The molecule has 3 rings (SSSR count). The summed E-state index contributed by atoms with van der Waals surface area (Å²) >= 11 is 1.16. The Kier molecular flexibility index (Phi) is 5.39. The first-order chi connectivity index (χ1) is 12.2. The summed E-state index contributed by atoms with van der Waals surface area (Å²) in [6.07, 6.45) is 4.51. The van der Waals surface area contributed by atoms with Crippen LogP contribution in [0.5, 0.6) is 0 Å². The number of urea groups is 1. The molecule has 1 atom stereocenters. The fraction of sp³-hybridized carbons (Fsp3) is 0.294. The Morgan fingerprint density at radius 2 is 2.08 bits per heavy atom. The smallest absolute Gasteiger partial charge is 0.321 e. The predicted molar refractivity (Wildman–Crippen MR) is 98.4 cm³/mol. The summed E-state index contributed by atoms with van der Waals surface area (Å²) in [5.41, 5.74) is 1.91. The predicted octanol–water partition coefficient (Wildman–Crippen LogP) is 3.69. The van der Waals surface area contributed by atoms with E-state index >= 15 is 0 Å². The number of amides is 2. The third-order valence-electron chi connectivity index (χ3n) is 3.77. The normalized spacial score (nSPS) is 11.9. The number of hydrogen-bond donors (Lipinski definition) is 2. The van der Waals surface area contributed by atoms with E-state index in [1.165, 1.54) is 0 Å². The minimum absolute atomic E-state index is 0.0955. The molecule has 2 N–H and O–H groups in total. The number of aromatic nitrogens is 4. The maximum Gasteiger partial charge on any atom is 0.321 e. The van der Waals surface area contributed by atoms with Crippen LogP contribution in [0.25, 0.3) is 11.4 Å². The van der Waals surface area contributed by atoms with Gasteiger partial charge >= 0.3 is 6.03 Å². The Hall–Kier alpha value is -2.74. The first-order valence-electron chi connectivity index (χ1n) is 8.18. The summed E-state index contributed by atoms with van der Waals surface area (Å²) in [5.74, 6) is 0.608. The summed E-state index contributed by atoms with van der Waals surface area (Å²) < 4.78 is 6.13. The molecule has 1 aromatic carbocycles. The van der Waals surface area contributed by atoms with Crippen LogP contribution in [0.2, 0.25) is 0 Å². The molecular weight excluding hydrogens is 336 g/mol. The average Bonchev–Trinajstić information content (AvgIpc) is 3.30. The van der Waals surface area contributed by atoms with Gasteiger partial charge in [-0.2, -0.15) is 14.5 Å². The van der Waals surface area contributed by atoms with Gasteiger partial charge in [-0.3, -0.25) is 10.00 Å². The SMILES string of the molecule is CC[C@@H](NC(=O)Nc1nc(-c2ccccc2)ns1)c1cnn(CC)c1. The zero-order valence-corrected chi connectivity index (χ0v) is 15.0. The van der Waals surface area contributed by atoms with Crippen molar-refractivity contribution in [2.75, 3.05) is 5.32 Å². The second kappa shape index (κ2) is 7.89. The van der Waals surface area contributed by atoms with E-state index in [0.717, 1.165) is 35.6 Å². The number of nitrogens with one attached hydrogen (secondary N) is 2. The van der Waals surface area contributed by atoms with Crippen LogP contribution in [0.4, 0.5) is 9.93 Å². The molecule has 3 aromatic rings. The molecule has 2 aromatic heterocycles. The second-order valence-corrected chi connectivity index (χ2v) is 6.23. The van der Waals surface area contributed by atoms with E-state index in [0.29, 0.717) is 11.0 Å². The zero-order valence-electron chi connectivity index (χ0n) is 14.1. The van der Waals surface area contributed by atoms with E-state index in [4.69, 9.17) is 0 Å². The summed E-state index contributed by atoms with van der Waals surface area (Å²) in [5, 5.41) is 10.4. The molecule has 0 aliphatic rings. The molecule has 0 saturated carbocycles. The molecule has 0 spiro atoms. The van der Waals surface area contributed by atoms with Crippen molar-refractivity contribution in [3.8, 4) is 11.4 Å². The van der Waals surface area contributed by atoms with Gasteiger partial charge in [0.1, 0.15) is 0 Å². The van der Waals surface area contributed by atoms with Gasteiger partial charge in [0, 0.05) is 35.4 Å². The Balaban J connectivity index is 1.63. The van der Waals surface area contributed by atoms with Crippen molar-refractivity contribution in [3.05, 3.63) is 48.3 Å². The maximum absolute atomic E-state index is 12.3. The zero-order chi connectivity index (χ0) is 17.6. The van der Waals surface area contributed by atoms with Crippen molar-refractivity contribution in [1.82, 2.24) is 24.5 Å². The van der Waals surface area contributed by atoms with E-state index in [1.807, 2.05) is 55.1 Å². The van der Waals surface area contributed by atoms with Crippen LogP contribution in [0.3, 0.4) is 0 Å². The molecule has 7 nitrogen and oxygen atoms in total. The fourth-order valence-electron chi connectivity index (χ4n) is 2.42. The van der Waals surface area contributed by atoms with E-state index in [-0.39, 0.29) is 12.1 Å². The minimum Gasteiger partial charge on any atom is -0.331 e. The number of anilines is 1. The van der Waals surface area contributed by atoms with E-state index in [9.17, 15) is 4.79 Å². The third-order valence-corrected chi connectivity index (χ3v) is 4.40. The van der Waals surface area contributed by atoms with E-state index in [2.05, 4.69) is 25.1 Å². The van der Waals surface area contributed by atoms with Crippen LogP contribution >= 0.6 is 11.5 Å². The van der Waals surface area contributed by atoms with Crippen molar-refractivity contribution < 1.29 is 4.79 Å². The summed E-state index contributed by atoms with van der Waals surface area (Å²) in [7, 11) is 0. The number of carbonyl (C=O) groups excluding carboxylic acids is 1. The van der Waals surface area contributed by atoms with Gasteiger partial charge in [-0.1, -0.05) is 37.3 Å². The molecule has 2 amide bonds. The molecule has 0 fully saturated rings. The van der Waals surface area contributed by atoms with Crippen LogP contribution in [0, 0.1) is 0 Å². The molecule has 0 bridgehead atoms. The lowest BCUT2D eigenvalue weighted by Crippen LogP contribution is -2.32. The van der Waals surface area contributed by atoms with Gasteiger partial charge in [0.15, 0.2) is 5.82 Å². The van der Waals surface area contributed by atoms with Crippen LogP contribution in [-0.2, 0) is 6.54 Å². The lowest BCUT2D eigenvalue weighted by Gasteiger charge is -2.15. The number of nitrogens with zero attached hydrogens (tertiary/aromatic N) is 4. The van der Waals surface area contributed by atoms with Gasteiger partial charge in [0.2, 0.25) is 5.13 Å². The molecule has 8 heteroatoms. The highest BCUT2D eigenvalue weighted by atomic mass is 32.1. The quantitative estimate of drug-likeness (QED) is 0.705. The molecule has 0 radical (unpaired) electrons. The Morgan fingerprint density at radius 1 is 1.28 bits per heavy atom. The monoisotopic (exact) mass is 356 g/mol. The first-order valence-corrected chi connectivity index (χ1v) is 8.96. The summed E-state index contributed by atoms with van der Waals surface area (Å²) in [6.45, 7) is 4.85. The van der Waals surface area contributed by atoms with Gasteiger partial charge in [0.05, 0.1) is 12.2 Å². The van der Waals surface area contributed by atoms with Gasteiger partial charge in [-0.25, -0.2) is 4.79 Å². The van der Waals surface area contributed by atoms with Crippen LogP contribution < -0.4 is 10.6 Å². The van der Waals surface area contributed by atoms with Gasteiger partial charge in [-0.05, 0) is 13.3 Å². The van der Waals surface area contributed by atoms with Gasteiger partial charge < -0.3 is 5.32 Å². The minimum atomic E-state index is -0.299. The fourth-order valence-corrected chi connectivity index (χ4v) is 3.01. The van der Waals surface area contributed by atoms with Gasteiger partial charge in [0.25, 0.3) is 0 Å². The van der Waals surface area contributed by atoms with Crippen LogP contribution in [0.15, 0.2) is 42.7 Å². The van der Waals surface area contributed by atoms with Crippen molar-refractivity contribution in [2.45, 2.75) is 32.9 Å². The largest absolute Gasteiger partial charge is 0.331 e. The number of carbonyl (C=O) groups is 1. The molecule has 0 aliphatic heterocycles. The van der Waals surface area contributed by atoms with Crippen molar-refractivity contribution in [1.29, 1.82) is 0 Å². The molecular formula is C17H20N6OS. The first kappa shape index (κ1) is 17.1. The topological polar surface area (TPSA) is 84.7 Å². The number of aryl methyl sites for hydroxylation is 1.